The Hall–Kier alpha value is -1.46. The van der Waals surface area contributed by atoms with Crippen molar-refractivity contribution in [3.8, 4) is 5.69 Å². The largest absolute Gasteiger partial charge is 0.392 e. The highest BCUT2D eigenvalue weighted by molar-refractivity contribution is 6.32. The number of hydrogen-bond donors (Lipinski definition) is 1. The van der Waals surface area contributed by atoms with Crippen LogP contribution in [0.4, 0.5) is 0 Å². The van der Waals surface area contributed by atoms with Gasteiger partial charge >= 0.3 is 0 Å². The van der Waals surface area contributed by atoms with Crippen molar-refractivity contribution >= 4 is 11.6 Å². The van der Waals surface area contributed by atoms with Crippen LogP contribution < -0.4 is 0 Å². The summed E-state index contributed by atoms with van der Waals surface area (Å²) in [4.78, 5) is 4.01. The van der Waals surface area contributed by atoms with Crippen LogP contribution in [-0.2, 0) is 6.42 Å². The van der Waals surface area contributed by atoms with Gasteiger partial charge in [0.25, 0.3) is 0 Å². The van der Waals surface area contributed by atoms with Gasteiger partial charge in [-0.05, 0) is 11.5 Å². The molecule has 2 rings (SSSR count). The molecular formula is C13H17ClN4O. The molecule has 2 heterocycles. The van der Waals surface area contributed by atoms with Crippen molar-refractivity contribution in [2.75, 3.05) is 0 Å². The van der Waals surface area contributed by atoms with E-state index in [1.54, 1.807) is 29.3 Å². The number of nitrogens with zero attached hydrogens (tertiary/aromatic N) is 4. The van der Waals surface area contributed by atoms with Gasteiger partial charge in [-0.2, -0.15) is 0 Å². The predicted molar refractivity (Wildman–Crippen MR) is 73.3 cm³/mol. The van der Waals surface area contributed by atoms with Gasteiger partial charge in [0.15, 0.2) is 0 Å². The molecule has 5 nitrogen and oxygen atoms in total. The minimum Gasteiger partial charge on any atom is -0.392 e. The third-order valence-corrected chi connectivity index (χ3v) is 3.26. The van der Waals surface area contributed by atoms with E-state index in [0.29, 0.717) is 17.1 Å². The van der Waals surface area contributed by atoms with Gasteiger partial charge in [0.2, 0.25) is 0 Å². The van der Waals surface area contributed by atoms with Crippen LogP contribution in [0.3, 0.4) is 0 Å². The van der Waals surface area contributed by atoms with Gasteiger partial charge in [0, 0.05) is 12.6 Å². The second kappa shape index (κ2) is 5.27. The maximum atomic E-state index is 10.1. The monoisotopic (exact) mass is 280 g/mol. The minimum atomic E-state index is -0.470. The van der Waals surface area contributed by atoms with Crippen LogP contribution >= 0.6 is 11.6 Å². The van der Waals surface area contributed by atoms with Crippen molar-refractivity contribution in [3.63, 3.8) is 0 Å². The second-order valence-electron chi connectivity index (χ2n) is 5.57. The lowest BCUT2D eigenvalue weighted by Gasteiger charge is -2.24. The average molecular weight is 281 g/mol. The fraction of sp³-hybridized carbons (Fsp3) is 0.462. The Labute approximate surface area is 117 Å². The molecule has 0 aromatic carbocycles. The fourth-order valence-corrected chi connectivity index (χ4v) is 1.74. The number of hydrogen-bond acceptors (Lipinski definition) is 4. The smallest absolute Gasteiger partial charge is 0.103 e. The van der Waals surface area contributed by atoms with E-state index in [2.05, 4.69) is 15.3 Å². The summed E-state index contributed by atoms with van der Waals surface area (Å²) in [6.45, 7) is 5.96. The Bertz CT molecular complexity index is 562. The Balaban J connectivity index is 2.19. The van der Waals surface area contributed by atoms with Crippen LogP contribution in [0.1, 0.15) is 26.5 Å². The van der Waals surface area contributed by atoms with Crippen LogP contribution in [0.2, 0.25) is 5.02 Å². The van der Waals surface area contributed by atoms with Crippen molar-refractivity contribution in [3.05, 3.63) is 35.4 Å². The molecule has 19 heavy (non-hydrogen) atoms. The van der Waals surface area contributed by atoms with E-state index in [-0.39, 0.29) is 5.41 Å². The van der Waals surface area contributed by atoms with E-state index >= 15 is 0 Å². The molecule has 0 bridgehead atoms. The average Bonchev–Trinajstić information content (AvgIpc) is 2.76. The predicted octanol–water partition coefficient (Wildman–Crippen LogP) is 2.27. The molecule has 0 fully saturated rings. The zero-order chi connectivity index (χ0) is 14.0. The molecule has 0 aliphatic carbocycles. The molecule has 0 saturated heterocycles. The van der Waals surface area contributed by atoms with Gasteiger partial charge in [-0.15, -0.1) is 5.10 Å². The Morgan fingerprint density at radius 2 is 2.16 bits per heavy atom. The van der Waals surface area contributed by atoms with E-state index in [9.17, 15) is 5.11 Å². The normalized spacial score (nSPS) is 13.5. The SMILES string of the molecule is CC(C)(C)C(O)Cc1cn(-c2cnccc2Cl)nn1. The van der Waals surface area contributed by atoms with Crippen molar-refractivity contribution in [2.45, 2.75) is 33.3 Å². The lowest BCUT2D eigenvalue weighted by molar-refractivity contribution is 0.0627. The number of rotatable bonds is 3. The van der Waals surface area contributed by atoms with E-state index < -0.39 is 6.10 Å². The van der Waals surface area contributed by atoms with Gasteiger partial charge < -0.3 is 5.11 Å². The highest BCUT2D eigenvalue weighted by Crippen LogP contribution is 2.22. The molecule has 102 valence electrons. The van der Waals surface area contributed by atoms with E-state index in [1.807, 2.05) is 20.8 Å². The molecule has 2 aromatic heterocycles. The summed E-state index contributed by atoms with van der Waals surface area (Å²) in [6.07, 6.45) is 5.00. The van der Waals surface area contributed by atoms with Crippen LogP contribution in [0.5, 0.6) is 0 Å². The standard InChI is InChI=1S/C13H17ClN4O/c1-13(2,3)12(19)6-9-8-18(17-16-9)11-7-15-5-4-10(11)14/h4-5,7-8,12,19H,6H2,1-3H3. The topological polar surface area (TPSA) is 63.8 Å². The molecule has 0 aliphatic rings. The summed E-state index contributed by atoms with van der Waals surface area (Å²) < 4.78 is 1.57. The summed E-state index contributed by atoms with van der Waals surface area (Å²) in [7, 11) is 0. The Kier molecular flexibility index (Phi) is 3.87. The number of aliphatic hydroxyl groups excluding tert-OH is 1. The van der Waals surface area contributed by atoms with Crippen molar-refractivity contribution in [2.24, 2.45) is 5.41 Å². The molecule has 1 N–H and O–H groups in total. The molecule has 1 atom stereocenters. The van der Waals surface area contributed by atoms with Crippen molar-refractivity contribution in [1.29, 1.82) is 0 Å². The molecule has 0 aliphatic heterocycles. The van der Waals surface area contributed by atoms with Crippen LogP contribution in [0.25, 0.3) is 5.69 Å². The van der Waals surface area contributed by atoms with E-state index in [0.717, 1.165) is 5.69 Å². The number of aromatic nitrogens is 4. The molecule has 2 aromatic rings. The number of aliphatic hydroxyl groups is 1. The molecule has 0 saturated carbocycles. The highest BCUT2D eigenvalue weighted by Gasteiger charge is 2.23. The first-order chi connectivity index (χ1) is 8.88. The third-order valence-electron chi connectivity index (χ3n) is 2.94. The summed E-state index contributed by atoms with van der Waals surface area (Å²) in [6, 6.07) is 1.70. The fourth-order valence-electron chi connectivity index (χ4n) is 1.55. The number of pyridine rings is 1. The second-order valence-corrected chi connectivity index (χ2v) is 5.97. The molecule has 0 amide bonds. The Morgan fingerprint density at radius 3 is 2.79 bits per heavy atom. The Morgan fingerprint density at radius 1 is 1.42 bits per heavy atom. The van der Waals surface area contributed by atoms with Crippen molar-refractivity contribution in [1.82, 2.24) is 20.0 Å². The third kappa shape index (κ3) is 3.30. The molecule has 1 unspecified atom stereocenters. The summed E-state index contributed by atoms with van der Waals surface area (Å²) in [5, 5.41) is 18.7. The first-order valence-corrected chi connectivity index (χ1v) is 6.45. The maximum Gasteiger partial charge on any atom is 0.103 e. The van der Waals surface area contributed by atoms with Crippen LogP contribution in [0, 0.1) is 5.41 Å². The maximum absolute atomic E-state index is 10.1. The van der Waals surface area contributed by atoms with Gasteiger partial charge in [-0.25, -0.2) is 4.68 Å². The summed E-state index contributed by atoms with van der Waals surface area (Å²) in [5.41, 5.74) is 1.21. The molecular weight excluding hydrogens is 264 g/mol. The summed E-state index contributed by atoms with van der Waals surface area (Å²) in [5.74, 6) is 0. The van der Waals surface area contributed by atoms with Gasteiger partial charge in [-0.3, -0.25) is 4.98 Å². The molecule has 0 spiro atoms. The minimum absolute atomic E-state index is 0.185. The van der Waals surface area contributed by atoms with E-state index in [4.69, 9.17) is 11.6 Å². The quantitative estimate of drug-likeness (QED) is 0.937. The molecule has 6 heteroatoms. The lowest BCUT2D eigenvalue weighted by atomic mass is 9.87. The highest BCUT2D eigenvalue weighted by atomic mass is 35.5. The van der Waals surface area contributed by atoms with Gasteiger partial charge in [0.1, 0.15) is 5.69 Å². The first kappa shape index (κ1) is 14.0. The van der Waals surface area contributed by atoms with Gasteiger partial charge in [-0.1, -0.05) is 37.6 Å². The summed E-state index contributed by atoms with van der Waals surface area (Å²) >= 11 is 6.07. The number of halogens is 1. The van der Waals surface area contributed by atoms with E-state index in [1.165, 1.54) is 0 Å². The van der Waals surface area contributed by atoms with Crippen LogP contribution in [0.15, 0.2) is 24.7 Å². The first-order valence-electron chi connectivity index (χ1n) is 6.07. The zero-order valence-corrected chi connectivity index (χ0v) is 12.0. The van der Waals surface area contributed by atoms with Crippen molar-refractivity contribution < 1.29 is 5.11 Å². The molecule has 0 radical (unpaired) electrons. The van der Waals surface area contributed by atoms with Gasteiger partial charge in [0.05, 0.1) is 29.2 Å². The zero-order valence-electron chi connectivity index (χ0n) is 11.2. The lowest BCUT2D eigenvalue weighted by Crippen LogP contribution is -2.28. The van der Waals surface area contributed by atoms with Crippen LogP contribution in [-0.4, -0.2) is 31.2 Å².